The molecule has 2 spiro atoms. The van der Waals surface area contributed by atoms with E-state index in [2.05, 4.69) is 31.4 Å². The minimum Gasteiger partial charge on any atom is -0.504 e. The number of nitriles is 1. The number of benzene rings is 6. The number of likely N-dealkylation sites (N-methyl/N-ethyl adjacent to an activating group) is 2. The number of esters is 4. The van der Waals surface area contributed by atoms with Crippen LogP contribution in [-0.4, -0.2) is 208 Å². The summed E-state index contributed by atoms with van der Waals surface area (Å²) in [6.07, 6.45) is 0.732. The van der Waals surface area contributed by atoms with Crippen molar-refractivity contribution in [3.8, 4) is 63.6 Å². The third-order valence-electron chi connectivity index (χ3n) is 25.7. The van der Waals surface area contributed by atoms with Crippen LogP contribution < -0.4 is 48.5 Å². The number of fused-ring (bicyclic) bond motifs is 22. The van der Waals surface area contributed by atoms with Gasteiger partial charge in [-0.1, -0.05) is 56.0 Å². The fourth-order valence-electron chi connectivity index (χ4n) is 21.2. The van der Waals surface area contributed by atoms with Gasteiger partial charge in [0, 0.05) is 144 Å². The Morgan fingerprint density at radius 2 is 1.03 bits per heavy atom. The first kappa shape index (κ1) is 83.1. The molecule has 14 aliphatic heterocycles. The zero-order valence-corrected chi connectivity index (χ0v) is 68.8. The van der Waals surface area contributed by atoms with Gasteiger partial charge < -0.3 is 86.9 Å². The largest absolute Gasteiger partial charge is 0.504 e. The molecule has 35 heteroatoms. The first-order chi connectivity index (χ1) is 56.2. The molecule has 8 aromatic rings. The molecule has 0 unspecified atom stereocenters. The fourth-order valence-corrected chi connectivity index (χ4v) is 24.5. The average molecular weight is 1770 g/mol. The number of methoxy groups -OCH3 is 2. The van der Waals surface area contributed by atoms with Crippen LogP contribution in [0.25, 0.3) is 21.9 Å². The van der Waals surface area contributed by atoms with Gasteiger partial charge in [0.05, 0.1) is 74.2 Å². The van der Waals surface area contributed by atoms with E-state index in [1.807, 2.05) is 107 Å². The van der Waals surface area contributed by atoms with Gasteiger partial charge >= 0.3 is 23.9 Å². The van der Waals surface area contributed by atoms with Crippen LogP contribution in [0.1, 0.15) is 145 Å². The summed E-state index contributed by atoms with van der Waals surface area (Å²) in [5.74, 6) is 1.97. The Morgan fingerprint density at radius 1 is 0.622 bits per heavy atom. The molecular weight excluding hydrogens is 1680 g/mol. The number of nitrogens with one attached hydrogen (secondary N) is 2. The number of aliphatic hydroxyl groups is 3. The number of para-hydroxylation sites is 2. The van der Waals surface area contributed by atoms with Gasteiger partial charge in [0.15, 0.2) is 57.1 Å². The van der Waals surface area contributed by atoms with Crippen molar-refractivity contribution in [2.45, 2.75) is 169 Å². The minimum absolute atomic E-state index is 0. The van der Waals surface area contributed by atoms with E-state index >= 15 is 0 Å². The Kier molecular flexibility index (Phi) is 21.8. The number of hydrogen-bond acceptors (Lipinski definition) is 32. The molecule has 32 nitrogen and oxygen atoms in total. The van der Waals surface area contributed by atoms with E-state index in [9.17, 15) is 50.0 Å². The molecule has 6 aromatic carbocycles. The smallest absolute Gasteiger partial charge is 0.335 e. The number of furan rings is 2. The van der Waals surface area contributed by atoms with Crippen molar-refractivity contribution in [3.63, 3.8) is 0 Å². The third kappa shape index (κ3) is 12.4. The number of piperazine rings is 2. The Balaban J connectivity index is 0.000000167. The molecule has 4 fully saturated rings. The maximum Gasteiger partial charge on any atom is 0.335 e. The van der Waals surface area contributed by atoms with Crippen molar-refractivity contribution in [2.24, 2.45) is 0 Å². The van der Waals surface area contributed by atoms with Crippen LogP contribution in [0.2, 0.25) is 0 Å². The molecular formula is C84H90AgN8O24S2. The van der Waals surface area contributed by atoms with Gasteiger partial charge in [0.1, 0.15) is 59.7 Å². The summed E-state index contributed by atoms with van der Waals surface area (Å²) in [6, 6.07) is 15.8. The minimum atomic E-state index is -1.54. The molecule has 8 bridgehead atoms. The molecule has 16 atom stereocenters. The normalized spacial score (nSPS) is 28.8. The number of rotatable bonds is 6. The molecule has 0 saturated carbocycles. The maximum atomic E-state index is 15.0. The first-order valence-corrected chi connectivity index (χ1v) is 40.7. The number of aliphatic hydroxyl groups excluding tert-OH is 3. The van der Waals surface area contributed by atoms with E-state index in [1.54, 1.807) is 0 Å². The second-order valence-electron chi connectivity index (χ2n) is 31.8. The van der Waals surface area contributed by atoms with Crippen LogP contribution in [-0.2, 0) is 87.8 Å². The van der Waals surface area contributed by atoms with Crippen molar-refractivity contribution in [3.05, 3.63) is 160 Å². The summed E-state index contributed by atoms with van der Waals surface area (Å²) in [4.78, 5) is 72.6. The van der Waals surface area contributed by atoms with Gasteiger partial charge in [0.25, 0.3) is 5.09 Å². The van der Waals surface area contributed by atoms with Gasteiger partial charge in [-0.15, -0.1) is 33.6 Å². The van der Waals surface area contributed by atoms with Crippen LogP contribution in [0.5, 0.6) is 57.5 Å². The molecule has 4 saturated heterocycles. The maximum absolute atomic E-state index is 15.0. The van der Waals surface area contributed by atoms with Crippen molar-refractivity contribution in [2.75, 3.05) is 79.8 Å². The van der Waals surface area contributed by atoms with E-state index in [1.165, 1.54) is 51.6 Å². The monoisotopic (exact) mass is 1770 g/mol. The number of thioether (sulfide) groups is 2. The van der Waals surface area contributed by atoms with Gasteiger partial charge in [-0.3, -0.25) is 39.8 Å². The predicted molar refractivity (Wildman–Crippen MR) is 423 cm³/mol. The summed E-state index contributed by atoms with van der Waals surface area (Å²) in [5.41, 5.74) is 8.32. The van der Waals surface area contributed by atoms with E-state index in [4.69, 9.17) is 71.5 Å². The van der Waals surface area contributed by atoms with E-state index in [-0.39, 0.29) is 98.9 Å². The molecule has 119 heavy (non-hydrogen) atoms. The summed E-state index contributed by atoms with van der Waals surface area (Å²) in [6.45, 7) is 9.09. The predicted octanol–water partition coefficient (Wildman–Crippen LogP) is 8.47. The Bertz CT molecular complexity index is 5580. The first-order valence-electron chi connectivity index (χ1n) is 38.6. The molecule has 1 radical (unpaired) electrons. The quantitative estimate of drug-likeness (QED) is 0.0254. The SMILES string of the molecule is C.COc1c(C)cc2c(c1O)[C@@H]1[C@@H]3[C@@H]4SC[C@]5(N[C@@H](CO)Cc6c5oc5ccccc65)C(=O)OC[C@@H](c5c6c(c(C)c(OC(C)=O)c54)OCO6)N3[C@@H](C#N)[C@H](C2)N1C.COc1c(C)cc2c(c1O)[C@@H]1[C@@H]3[C@@H]4SC[C@]5(N[C@@H](CO)Cc6c5oc5ccccc65)C(=O)OC[C@@H](c5c6c(c(C)c(OC(C)=O)c54)OCO6)N3[C@@H](O)[C@H](C2)N1C.O=[N+]([O-])O.[Ag]. The number of aromatic hydroxyl groups is 2. The van der Waals surface area contributed by atoms with Crippen LogP contribution >= 0.6 is 23.5 Å². The Hall–Kier alpha value is -9.55. The molecule has 8 N–H and O–H groups in total. The van der Waals surface area contributed by atoms with Crippen molar-refractivity contribution < 1.29 is 134 Å². The third-order valence-corrected chi connectivity index (χ3v) is 28.7. The summed E-state index contributed by atoms with van der Waals surface area (Å²) in [5, 5.41) is 90.3. The number of nitrogens with zero attached hydrogens (tertiary/aromatic N) is 6. The molecule has 22 rings (SSSR count). The number of phenols is 2. The molecule has 0 aliphatic carbocycles. The van der Waals surface area contributed by atoms with Crippen LogP contribution in [0.3, 0.4) is 0 Å². The van der Waals surface area contributed by atoms with Crippen LogP contribution in [0.4, 0.5) is 0 Å². The Labute approximate surface area is 706 Å². The zero-order valence-electron chi connectivity index (χ0n) is 65.7. The van der Waals surface area contributed by atoms with Gasteiger partial charge in [-0.25, -0.2) is 9.59 Å². The second-order valence-corrected chi connectivity index (χ2v) is 34.1. The van der Waals surface area contributed by atoms with Gasteiger partial charge in [-0.2, -0.15) is 5.26 Å². The number of carbonyl (C=O) groups excluding carboxylic acids is 4. The summed E-state index contributed by atoms with van der Waals surface area (Å²) in [7, 11) is 7.01. The topological polar surface area (TPSA) is 412 Å². The summed E-state index contributed by atoms with van der Waals surface area (Å²) >= 11 is 2.88. The van der Waals surface area contributed by atoms with Gasteiger partial charge in [-0.05, 0) is 102 Å². The van der Waals surface area contributed by atoms with Crippen molar-refractivity contribution in [1.82, 2.24) is 30.2 Å². The summed E-state index contributed by atoms with van der Waals surface area (Å²) < 4.78 is 74.3. The van der Waals surface area contributed by atoms with E-state index in [0.29, 0.717) is 139 Å². The second kappa shape index (κ2) is 31.2. The number of ether oxygens (including phenoxy) is 10. The standard InChI is InChI=1S/C42H42N4O10S.C41H43N3O11S.CH4.Ag.HNO3/c1-18-10-21-11-25-26(13-43)46-27-15-52-41(50)42(40-24(12-22(14-47)44-42)23-8-6-7-9-28(23)56-40)16-57-39(33(46)32(45(25)4)29(21)34(49)35(18)51-5)31-30(27)38-37(53-17-54-38)19(2)36(31)55-20(3)48;1-17-10-20-11-24-39(48)44-25-14-51-40(49)41(38-23(12-21(13-45)42-41)22-8-6-7-9-26(22)55-38)15-56-37(31(44)30(43(24)4)27(20)32(47)33(17)50-5)29-28(25)36-35(52-16-53-36)18(2)34(29)54-19(3)46;;;2-1(3)4/h6-10,22,25-27,32-33,39,44,47,49H,11-12,14-17H2,1-5H3;6-10,21,24-25,30-31,37,39,42,45,47-48H,11-16H2,1-5H3;1H4;;(H,2,3,4)/t22-,25+,26+,27+,32-,33-,39-,42-;21-,24+,25+,30-,31-,37-,39+,41-;;;/m11.../s1. The Morgan fingerprint density at radius 3 is 1.45 bits per heavy atom. The molecule has 16 heterocycles. The number of carbonyl (C=O) groups is 4. The fraction of sp³-hybridized carbons (Fsp3) is 0.464. The molecule has 633 valence electrons. The zero-order chi connectivity index (χ0) is 82.2. The number of phenolic OH excluding ortho intramolecular Hbond substituents is 2. The number of hydrogen-bond donors (Lipinski definition) is 8. The van der Waals surface area contributed by atoms with Crippen LogP contribution in [0.15, 0.2) is 69.5 Å². The molecule has 2 aromatic heterocycles. The average Bonchev–Trinajstić information content (AvgIpc) is 1.31. The van der Waals surface area contributed by atoms with E-state index in [0.717, 1.165) is 44.2 Å². The van der Waals surface area contributed by atoms with E-state index < -0.39 is 117 Å². The molecule has 0 amide bonds. The molecule has 14 aliphatic rings. The van der Waals surface area contributed by atoms with Crippen molar-refractivity contribution >= 4 is 69.3 Å². The van der Waals surface area contributed by atoms with Gasteiger partial charge in [0.2, 0.25) is 13.6 Å². The number of aryl methyl sites for hydroxylation is 2. The van der Waals surface area contributed by atoms with Crippen molar-refractivity contribution in [1.29, 1.82) is 5.26 Å². The van der Waals surface area contributed by atoms with Crippen LogP contribution in [0, 0.1) is 49.1 Å².